The third kappa shape index (κ3) is 9.32. The Morgan fingerprint density at radius 3 is 2.52 bits per heavy atom. The summed E-state index contributed by atoms with van der Waals surface area (Å²) in [5.74, 6) is 0.863. The van der Waals surface area contributed by atoms with Crippen molar-refractivity contribution in [1.82, 2.24) is 15.5 Å². The maximum Gasteiger partial charge on any atom is 0.191 e. The van der Waals surface area contributed by atoms with Gasteiger partial charge in [0.05, 0.1) is 33.0 Å². The molecule has 0 aromatic heterocycles. The summed E-state index contributed by atoms with van der Waals surface area (Å²) in [5.41, 5.74) is 2.62. The zero-order valence-corrected chi connectivity index (χ0v) is 22.8. The molecule has 1 aliphatic carbocycles. The van der Waals surface area contributed by atoms with Gasteiger partial charge in [0, 0.05) is 45.4 Å². The number of rotatable bonds is 11. The zero-order chi connectivity index (χ0) is 22.5. The van der Waals surface area contributed by atoms with Gasteiger partial charge in [-0.2, -0.15) is 0 Å². The van der Waals surface area contributed by atoms with Gasteiger partial charge in [0.25, 0.3) is 0 Å². The Bertz CT molecular complexity index is 692. The van der Waals surface area contributed by atoms with E-state index in [9.17, 15) is 0 Å². The molecule has 2 fully saturated rings. The second-order valence-corrected chi connectivity index (χ2v) is 8.73. The molecule has 0 radical (unpaired) electrons. The van der Waals surface area contributed by atoms with Crippen molar-refractivity contribution in [2.75, 3.05) is 59.7 Å². The highest BCUT2D eigenvalue weighted by Gasteiger charge is 2.38. The maximum absolute atomic E-state index is 5.70. The van der Waals surface area contributed by atoms with Crippen LogP contribution < -0.4 is 10.6 Å². The summed E-state index contributed by atoms with van der Waals surface area (Å²) in [4.78, 5) is 7.13. The predicted octanol–water partition coefficient (Wildman–Crippen LogP) is 3.56. The van der Waals surface area contributed by atoms with Gasteiger partial charge in [0.1, 0.15) is 0 Å². The van der Waals surface area contributed by atoms with E-state index in [4.69, 9.17) is 14.2 Å². The molecular formula is C25H43IN4O3. The third-order valence-electron chi connectivity index (χ3n) is 6.57. The minimum absolute atomic E-state index is 0. The fraction of sp³-hybridized carbons (Fsp3) is 0.720. The molecule has 8 heteroatoms. The summed E-state index contributed by atoms with van der Waals surface area (Å²) in [6, 6.07) is 8.52. The predicted molar refractivity (Wildman–Crippen MR) is 144 cm³/mol. The highest BCUT2D eigenvalue weighted by atomic mass is 127. The molecule has 0 spiro atoms. The minimum atomic E-state index is 0. The van der Waals surface area contributed by atoms with Crippen LogP contribution in [-0.4, -0.2) is 76.1 Å². The Labute approximate surface area is 217 Å². The maximum atomic E-state index is 5.70. The fourth-order valence-corrected chi connectivity index (χ4v) is 4.79. The number of halogens is 1. The molecule has 1 aromatic carbocycles. The van der Waals surface area contributed by atoms with Gasteiger partial charge >= 0.3 is 0 Å². The molecule has 1 aromatic rings. The van der Waals surface area contributed by atoms with Gasteiger partial charge in [-0.3, -0.25) is 9.89 Å². The summed E-state index contributed by atoms with van der Waals surface area (Å²) >= 11 is 0. The molecule has 1 aliphatic heterocycles. The van der Waals surface area contributed by atoms with Crippen LogP contribution in [0.3, 0.4) is 0 Å². The Balaban J connectivity index is 0.00000385. The summed E-state index contributed by atoms with van der Waals surface area (Å²) in [5, 5.41) is 7.13. The number of nitrogens with one attached hydrogen (secondary N) is 2. The first-order chi connectivity index (χ1) is 15.8. The van der Waals surface area contributed by atoms with E-state index in [2.05, 4.69) is 44.8 Å². The lowest BCUT2D eigenvalue weighted by atomic mass is 9.80. The number of hydrogen-bond donors (Lipinski definition) is 2. The third-order valence-corrected chi connectivity index (χ3v) is 6.57. The monoisotopic (exact) mass is 574 g/mol. The van der Waals surface area contributed by atoms with E-state index in [0.717, 1.165) is 52.0 Å². The van der Waals surface area contributed by atoms with Gasteiger partial charge in [0.2, 0.25) is 0 Å². The largest absolute Gasteiger partial charge is 0.379 e. The van der Waals surface area contributed by atoms with Crippen molar-refractivity contribution in [3.05, 3.63) is 35.4 Å². The van der Waals surface area contributed by atoms with Crippen molar-refractivity contribution in [1.29, 1.82) is 0 Å². The molecule has 1 heterocycles. The Morgan fingerprint density at radius 2 is 1.79 bits per heavy atom. The molecule has 0 bridgehead atoms. The lowest BCUT2D eigenvalue weighted by molar-refractivity contribution is -0.0352. The van der Waals surface area contributed by atoms with Gasteiger partial charge in [-0.05, 0) is 30.9 Å². The zero-order valence-electron chi connectivity index (χ0n) is 20.4. The van der Waals surface area contributed by atoms with Crippen molar-refractivity contribution < 1.29 is 14.2 Å². The fourth-order valence-electron chi connectivity index (χ4n) is 4.79. The lowest BCUT2D eigenvalue weighted by Gasteiger charge is -2.48. The van der Waals surface area contributed by atoms with Crippen molar-refractivity contribution in [2.45, 2.75) is 57.7 Å². The molecule has 7 nitrogen and oxygen atoms in total. The summed E-state index contributed by atoms with van der Waals surface area (Å²) in [7, 11) is 1.85. The molecular weight excluding hydrogens is 531 g/mol. The number of benzene rings is 1. The first-order valence-corrected chi connectivity index (χ1v) is 12.3. The number of hydrogen-bond acceptors (Lipinski definition) is 5. The lowest BCUT2D eigenvalue weighted by Crippen LogP contribution is -2.60. The van der Waals surface area contributed by atoms with Gasteiger partial charge in [-0.15, -0.1) is 24.0 Å². The average Bonchev–Trinajstić information content (AvgIpc) is 2.85. The van der Waals surface area contributed by atoms with Crippen LogP contribution in [0, 0.1) is 0 Å². The first-order valence-electron chi connectivity index (χ1n) is 12.3. The standard InChI is InChI=1S/C25H42N4O3.HI/c1-3-30-16-17-32-20-23-9-7-8-22(18-23)19-27-24(26-2)28-21-25(10-5-4-6-11-25)29-12-14-31-15-13-29;/h7-9,18H,3-6,10-17,19-21H2,1-2H3,(H2,26,27,28);1H. The molecule has 33 heavy (non-hydrogen) atoms. The van der Waals surface area contributed by atoms with Crippen molar-refractivity contribution >= 4 is 29.9 Å². The van der Waals surface area contributed by atoms with Gasteiger partial charge < -0.3 is 24.8 Å². The molecule has 3 rings (SSSR count). The quantitative estimate of drug-likeness (QED) is 0.183. The Hall–Kier alpha value is -0.940. The summed E-state index contributed by atoms with van der Waals surface area (Å²) in [6.45, 7) is 10.0. The van der Waals surface area contributed by atoms with Crippen LogP contribution in [0.15, 0.2) is 29.3 Å². The van der Waals surface area contributed by atoms with E-state index in [-0.39, 0.29) is 29.5 Å². The van der Waals surface area contributed by atoms with Crippen molar-refractivity contribution in [3.8, 4) is 0 Å². The van der Waals surface area contributed by atoms with E-state index >= 15 is 0 Å². The topological polar surface area (TPSA) is 67.4 Å². The number of guanidine groups is 1. The molecule has 2 aliphatic rings. The second-order valence-electron chi connectivity index (χ2n) is 8.73. The van der Waals surface area contributed by atoms with Crippen LogP contribution in [-0.2, 0) is 27.4 Å². The van der Waals surface area contributed by atoms with Crippen molar-refractivity contribution in [2.24, 2.45) is 4.99 Å². The highest BCUT2D eigenvalue weighted by Crippen LogP contribution is 2.33. The normalized spacial score (nSPS) is 19.0. The van der Waals surface area contributed by atoms with E-state index in [1.165, 1.54) is 43.2 Å². The molecule has 0 unspecified atom stereocenters. The number of ether oxygens (including phenoxy) is 3. The number of aliphatic imine (C=N–C) groups is 1. The molecule has 1 saturated carbocycles. The molecule has 2 N–H and O–H groups in total. The van der Waals surface area contributed by atoms with Crippen LogP contribution in [0.5, 0.6) is 0 Å². The van der Waals surface area contributed by atoms with Crippen LogP contribution in [0.2, 0.25) is 0 Å². The van der Waals surface area contributed by atoms with E-state index < -0.39 is 0 Å². The minimum Gasteiger partial charge on any atom is -0.379 e. The Morgan fingerprint density at radius 1 is 1.06 bits per heavy atom. The number of morpholine rings is 1. The number of nitrogens with zero attached hydrogens (tertiary/aromatic N) is 2. The smallest absolute Gasteiger partial charge is 0.191 e. The van der Waals surface area contributed by atoms with E-state index in [1.54, 1.807) is 0 Å². The molecule has 0 amide bonds. The van der Waals surface area contributed by atoms with Crippen LogP contribution >= 0.6 is 24.0 Å². The highest BCUT2D eigenvalue weighted by molar-refractivity contribution is 14.0. The van der Waals surface area contributed by atoms with Crippen LogP contribution in [0.4, 0.5) is 0 Å². The molecule has 188 valence electrons. The Kier molecular flexibility index (Phi) is 13.6. The average molecular weight is 575 g/mol. The van der Waals surface area contributed by atoms with Crippen LogP contribution in [0.25, 0.3) is 0 Å². The van der Waals surface area contributed by atoms with Crippen LogP contribution in [0.1, 0.15) is 50.2 Å². The second kappa shape index (κ2) is 15.9. The van der Waals surface area contributed by atoms with Crippen molar-refractivity contribution in [3.63, 3.8) is 0 Å². The molecule has 1 saturated heterocycles. The van der Waals surface area contributed by atoms with Gasteiger partial charge in [-0.1, -0.05) is 43.5 Å². The first kappa shape index (κ1) is 28.3. The van der Waals surface area contributed by atoms with E-state index in [1.807, 2.05) is 14.0 Å². The summed E-state index contributed by atoms with van der Waals surface area (Å²) in [6.07, 6.45) is 6.48. The van der Waals surface area contributed by atoms with Gasteiger partial charge in [-0.25, -0.2) is 0 Å². The molecule has 0 atom stereocenters. The summed E-state index contributed by atoms with van der Waals surface area (Å²) < 4.78 is 16.6. The van der Waals surface area contributed by atoms with E-state index in [0.29, 0.717) is 19.8 Å². The SMILES string of the molecule is CCOCCOCc1cccc(CNC(=NC)NCC2(N3CCOCC3)CCCCC2)c1.I. The van der Waals surface area contributed by atoms with Gasteiger partial charge in [0.15, 0.2) is 5.96 Å².